The maximum Gasteiger partial charge on any atom is 0.138 e. The van der Waals surface area contributed by atoms with Crippen LogP contribution >= 0.6 is 11.6 Å². The summed E-state index contributed by atoms with van der Waals surface area (Å²) < 4.78 is 21.7. The first-order valence-corrected chi connectivity index (χ1v) is 8.75. The van der Waals surface area contributed by atoms with Gasteiger partial charge in [-0.15, -0.1) is 10.2 Å². The van der Waals surface area contributed by atoms with Crippen molar-refractivity contribution in [2.24, 2.45) is 0 Å². The smallest absolute Gasteiger partial charge is 0.138 e. The number of hydrogen-bond donors (Lipinski definition) is 1. The van der Waals surface area contributed by atoms with Crippen LogP contribution in [0.2, 0.25) is 5.02 Å². The number of nitrogens with one attached hydrogen (secondary N) is 1. The molecule has 0 saturated heterocycles. The van der Waals surface area contributed by atoms with E-state index >= 15 is 0 Å². The fraction of sp³-hybridized carbons (Fsp3) is 0.100. The highest BCUT2D eigenvalue weighted by atomic mass is 35.5. The Labute approximate surface area is 160 Å². The highest BCUT2D eigenvalue weighted by Crippen LogP contribution is 2.30. The van der Waals surface area contributed by atoms with Crippen molar-refractivity contribution in [3.8, 4) is 5.75 Å². The highest BCUT2D eigenvalue weighted by Gasteiger charge is 2.12. The Balaban J connectivity index is 1.65. The van der Waals surface area contributed by atoms with Gasteiger partial charge in [0.25, 0.3) is 0 Å². The van der Waals surface area contributed by atoms with Gasteiger partial charge in [-0.1, -0.05) is 48.0 Å². The minimum absolute atomic E-state index is 0.0451. The van der Waals surface area contributed by atoms with Crippen LogP contribution in [-0.4, -0.2) is 14.9 Å². The molecule has 1 N–H and O–H groups in total. The van der Waals surface area contributed by atoms with Gasteiger partial charge in [-0.3, -0.25) is 0 Å². The topological polar surface area (TPSA) is 52.0 Å². The van der Waals surface area contributed by atoms with Crippen LogP contribution in [0.15, 0.2) is 67.3 Å². The van der Waals surface area contributed by atoms with E-state index in [0.717, 1.165) is 16.3 Å². The quantitative estimate of drug-likeness (QED) is 0.531. The molecule has 0 radical (unpaired) electrons. The lowest BCUT2D eigenvalue weighted by Gasteiger charge is -2.16. The van der Waals surface area contributed by atoms with Crippen LogP contribution in [0.3, 0.4) is 0 Å². The summed E-state index contributed by atoms with van der Waals surface area (Å²) in [6.45, 7) is 0.531. The maximum atomic E-state index is 14.0. The highest BCUT2D eigenvalue weighted by molar-refractivity contribution is 6.31. The van der Waals surface area contributed by atoms with E-state index in [9.17, 15) is 4.39 Å². The molecule has 27 heavy (non-hydrogen) atoms. The number of aromatic nitrogens is 3. The summed E-state index contributed by atoms with van der Waals surface area (Å²) in [6, 6.07) is 16.5. The van der Waals surface area contributed by atoms with Gasteiger partial charge in [-0.25, -0.2) is 9.07 Å². The standard InChI is InChI=1S/C20H16ClFN4O/c21-18-6-3-7-19(22)17(18)11-27-20-9-8-14-4-1-2-5-15(14)16(20)10-25-26-12-23-24-13-26/h1-9,12-13,25H,10-11H2. The Hall–Kier alpha value is -3.12. The average Bonchev–Trinajstić information content (AvgIpc) is 3.20. The summed E-state index contributed by atoms with van der Waals surface area (Å²) in [5, 5.41) is 10.0. The van der Waals surface area contributed by atoms with Crippen LogP contribution in [0, 0.1) is 5.82 Å². The summed E-state index contributed by atoms with van der Waals surface area (Å²) in [6.07, 6.45) is 3.15. The van der Waals surface area contributed by atoms with Crippen molar-refractivity contribution < 1.29 is 9.13 Å². The van der Waals surface area contributed by atoms with E-state index in [4.69, 9.17) is 16.3 Å². The van der Waals surface area contributed by atoms with E-state index in [1.807, 2.05) is 36.4 Å². The Morgan fingerprint density at radius 1 is 0.963 bits per heavy atom. The van der Waals surface area contributed by atoms with E-state index in [1.54, 1.807) is 29.5 Å². The molecule has 1 aromatic heterocycles. The Morgan fingerprint density at radius 3 is 2.59 bits per heavy atom. The third-order valence-electron chi connectivity index (χ3n) is 4.29. The lowest BCUT2D eigenvalue weighted by Crippen LogP contribution is -2.13. The van der Waals surface area contributed by atoms with Gasteiger partial charge in [0.2, 0.25) is 0 Å². The number of benzene rings is 3. The average molecular weight is 383 g/mol. The molecule has 136 valence electrons. The Bertz CT molecular complexity index is 1050. The van der Waals surface area contributed by atoms with Crippen molar-refractivity contribution in [2.45, 2.75) is 13.2 Å². The lowest BCUT2D eigenvalue weighted by molar-refractivity contribution is 0.297. The summed E-state index contributed by atoms with van der Waals surface area (Å²) in [7, 11) is 0. The Morgan fingerprint density at radius 2 is 1.78 bits per heavy atom. The molecule has 0 amide bonds. The van der Waals surface area contributed by atoms with E-state index in [-0.39, 0.29) is 12.4 Å². The van der Waals surface area contributed by atoms with Crippen molar-refractivity contribution >= 4 is 22.4 Å². The van der Waals surface area contributed by atoms with Crippen LogP contribution in [-0.2, 0) is 13.2 Å². The normalized spacial score (nSPS) is 10.9. The van der Waals surface area contributed by atoms with Crippen molar-refractivity contribution in [2.75, 3.05) is 5.43 Å². The van der Waals surface area contributed by atoms with Gasteiger partial charge in [0.05, 0.1) is 11.6 Å². The van der Waals surface area contributed by atoms with Crippen molar-refractivity contribution in [1.29, 1.82) is 0 Å². The van der Waals surface area contributed by atoms with Gasteiger partial charge >= 0.3 is 0 Å². The van der Waals surface area contributed by atoms with Crippen LogP contribution in [0.25, 0.3) is 10.8 Å². The molecular formula is C20H16ClFN4O. The monoisotopic (exact) mass is 382 g/mol. The van der Waals surface area contributed by atoms with Gasteiger partial charge in [0.1, 0.15) is 30.8 Å². The molecule has 4 rings (SSSR count). The predicted molar refractivity (Wildman–Crippen MR) is 103 cm³/mol. The molecule has 3 aromatic carbocycles. The zero-order valence-corrected chi connectivity index (χ0v) is 15.0. The van der Waals surface area contributed by atoms with Crippen LogP contribution in [0.1, 0.15) is 11.1 Å². The second-order valence-electron chi connectivity index (χ2n) is 5.96. The molecule has 7 heteroatoms. The first-order valence-electron chi connectivity index (χ1n) is 8.37. The van der Waals surface area contributed by atoms with Gasteiger partial charge in [-0.2, -0.15) is 0 Å². The van der Waals surface area contributed by atoms with Crippen molar-refractivity contribution in [3.63, 3.8) is 0 Å². The summed E-state index contributed by atoms with van der Waals surface area (Å²) >= 11 is 6.11. The van der Waals surface area contributed by atoms with Crippen molar-refractivity contribution in [1.82, 2.24) is 14.9 Å². The van der Waals surface area contributed by atoms with E-state index < -0.39 is 0 Å². The number of nitrogens with zero attached hydrogens (tertiary/aromatic N) is 3. The second-order valence-corrected chi connectivity index (χ2v) is 6.36. The van der Waals surface area contributed by atoms with E-state index in [1.165, 1.54) is 6.07 Å². The molecule has 0 aliphatic rings. The Kier molecular flexibility index (Phi) is 4.89. The fourth-order valence-corrected chi connectivity index (χ4v) is 3.12. The molecule has 5 nitrogen and oxygen atoms in total. The number of halogens is 2. The summed E-state index contributed by atoms with van der Waals surface area (Å²) in [5.74, 6) is 0.279. The minimum Gasteiger partial charge on any atom is -0.488 e. The summed E-state index contributed by atoms with van der Waals surface area (Å²) in [5.41, 5.74) is 4.50. The van der Waals surface area contributed by atoms with E-state index in [0.29, 0.717) is 22.9 Å². The minimum atomic E-state index is -0.382. The molecule has 0 fully saturated rings. The molecule has 1 heterocycles. The first-order chi connectivity index (χ1) is 13.2. The molecular weight excluding hydrogens is 367 g/mol. The van der Waals surface area contributed by atoms with Gasteiger partial charge in [0.15, 0.2) is 0 Å². The SMILES string of the molecule is Fc1cccc(Cl)c1COc1ccc2ccccc2c1CNn1cnnc1. The van der Waals surface area contributed by atoms with Gasteiger partial charge < -0.3 is 10.2 Å². The molecule has 0 unspecified atom stereocenters. The molecule has 0 aliphatic carbocycles. The van der Waals surface area contributed by atoms with Crippen LogP contribution < -0.4 is 10.2 Å². The van der Waals surface area contributed by atoms with E-state index in [2.05, 4.69) is 15.6 Å². The third kappa shape index (κ3) is 3.71. The lowest BCUT2D eigenvalue weighted by atomic mass is 10.0. The number of ether oxygens (including phenoxy) is 1. The largest absolute Gasteiger partial charge is 0.488 e. The van der Waals surface area contributed by atoms with Crippen LogP contribution in [0.4, 0.5) is 4.39 Å². The number of hydrogen-bond acceptors (Lipinski definition) is 4. The molecule has 0 atom stereocenters. The molecule has 0 saturated carbocycles. The van der Waals surface area contributed by atoms with Crippen LogP contribution in [0.5, 0.6) is 5.75 Å². The second kappa shape index (κ2) is 7.63. The first kappa shape index (κ1) is 17.3. The van der Waals surface area contributed by atoms with Gasteiger partial charge in [0, 0.05) is 11.1 Å². The molecule has 0 bridgehead atoms. The van der Waals surface area contributed by atoms with Crippen molar-refractivity contribution in [3.05, 3.63) is 89.2 Å². The molecule has 4 aromatic rings. The zero-order chi connectivity index (χ0) is 18.6. The zero-order valence-electron chi connectivity index (χ0n) is 14.3. The third-order valence-corrected chi connectivity index (χ3v) is 4.64. The summed E-state index contributed by atoms with van der Waals surface area (Å²) in [4.78, 5) is 0. The number of rotatable bonds is 6. The predicted octanol–water partition coefficient (Wildman–Crippen LogP) is 4.55. The fourth-order valence-electron chi connectivity index (χ4n) is 2.91. The number of fused-ring (bicyclic) bond motifs is 1. The molecule has 0 spiro atoms. The maximum absolute atomic E-state index is 14.0. The molecule has 0 aliphatic heterocycles. The van der Waals surface area contributed by atoms with Gasteiger partial charge in [-0.05, 0) is 29.0 Å².